The molecule has 0 aromatic carbocycles. The van der Waals surface area contributed by atoms with Gasteiger partial charge in [-0.1, -0.05) is 0 Å². The van der Waals surface area contributed by atoms with Crippen LogP contribution in [0.5, 0.6) is 0 Å². The highest BCUT2D eigenvalue weighted by Gasteiger charge is 2.37. The molecule has 4 nitrogen and oxygen atoms in total. The summed E-state index contributed by atoms with van der Waals surface area (Å²) in [5, 5.41) is 3.35. The highest BCUT2D eigenvalue weighted by Crippen LogP contribution is 2.31. The Morgan fingerprint density at radius 3 is 2.68 bits per heavy atom. The second-order valence-corrected chi connectivity index (χ2v) is 5.99. The Hall–Kier alpha value is -0.320. The molecule has 1 amide bonds. The van der Waals surface area contributed by atoms with Crippen molar-refractivity contribution in [2.75, 3.05) is 32.8 Å². The number of rotatable bonds is 4. The molecule has 19 heavy (non-hydrogen) atoms. The molecular weight excluding hydrogens is 264 g/mol. The Kier molecular flexibility index (Phi) is 5.48. The number of hydrogen-bond donors (Lipinski definition) is 1. The Morgan fingerprint density at radius 2 is 2.11 bits per heavy atom. The third-order valence-corrected chi connectivity index (χ3v) is 4.40. The Morgan fingerprint density at radius 1 is 1.26 bits per heavy atom. The third kappa shape index (κ3) is 3.83. The Bertz CT molecular complexity index is 298. The molecule has 0 aromatic heterocycles. The Balaban J connectivity index is 0.00000133. The molecule has 1 N–H and O–H groups in total. The van der Waals surface area contributed by atoms with Gasteiger partial charge in [0, 0.05) is 31.7 Å². The first kappa shape index (κ1) is 15.1. The highest BCUT2D eigenvalue weighted by molar-refractivity contribution is 5.85. The van der Waals surface area contributed by atoms with Crippen molar-refractivity contribution in [3.8, 4) is 0 Å². The van der Waals surface area contributed by atoms with Crippen LogP contribution in [-0.2, 0) is 9.53 Å². The van der Waals surface area contributed by atoms with E-state index in [1.807, 2.05) is 0 Å². The van der Waals surface area contributed by atoms with Crippen LogP contribution in [0, 0.1) is 11.8 Å². The SMILES string of the molecule is Cl.O=C(C1CCCNC1)N(CC1CCOC1)C1CC1. The van der Waals surface area contributed by atoms with Crippen LogP contribution in [0.1, 0.15) is 32.1 Å². The van der Waals surface area contributed by atoms with Crippen molar-refractivity contribution >= 4 is 18.3 Å². The number of hydrogen-bond acceptors (Lipinski definition) is 3. The van der Waals surface area contributed by atoms with Crippen LogP contribution in [0.2, 0.25) is 0 Å². The summed E-state index contributed by atoms with van der Waals surface area (Å²) in [5.41, 5.74) is 0. The summed E-state index contributed by atoms with van der Waals surface area (Å²) in [6, 6.07) is 0.542. The van der Waals surface area contributed by atoms with E-state index in [4.69, 9.17) is 4.74 Å². The molecule has 0 radical (unpaired) electrons. The number of carbonyl (C=O) groups is 1. The van der Waals surface area contributed by atoms with E-state index >= 15 is 0 Å². The lowest BCUT2D eigenvalue weighted by atomic mass is 9.97. The van der Waals surface area contributed by atoms with Crippen molar-refractivity contribution in [3.63, 3.8) is 0 Å². The molecule has 1 saturated carbocycles. The van der Waals surface area contributed by atoms with Gasteiger partial charge in [-0.2, -0.15) is 0 Å². The molecule has 3 aliphatic rings. The number of amides is 1. The molecule has 2 unspecified atom stereocenters. The quantitative estimate of drug-likeness (QED) is 0.851. The zero-order valence-corrected chi connectivity index (χ0v) is 12.3. The normalized spacial score (nSPS) is 30.7. The number of ether oxygens (including phenoxy) is 1. The van der Waals surface area contributed by atoms with Crippen LogP contribution in [0.15, 0.2) is 0 Å². The van der Waals surface area contributed by atoms with Crippen molar-refractivity contribution in [1.29, 1.82) is 0 Å². The maximum absolute atomic E-state index is 12.6. The van der Waals surface area contributed by atoms with E-state index in [2.05, 4.69) is 10.2 Å². The molecule has 110 valence electrons. The summed E-state index contributed by atoms with van der Waals surface area (Å²) in [4.78, 5) is 14.8. The average Bonchev–Trinajstić information content (AvgIpc) is 3.13. The number of piperidine rings is 1. The van der Waals surface area contributed by atoms with Crippen LogP contribution in [0.3, 0.4) is 0 Å². The molecule has 0 bridgehead atoms. The minimum atomic E-state index is 0. The minimum absolute atomic E-state index is 0. The fourth-order valence-electron chi connectivity index (χ4n) is 3.11. The van der Waals surface area contributed by atoms with Crippen molar-refractivity contribution < 1.29 is 9.53 Å². The fraction of sp³-hybridized carbons (Fsp3) is 0.929. The van der Waals surface area contributed by atoms with Crippen molar-refractivity contribution in [3.05, 3.63) is 0 Å². The molecule has 2 atom stereocenters. The van der Waals surface area contributed by atoms with Gasteiger partial charge in [-0.05, 0) is 38.6 Å². The zero-order chi connectivity index (χ0) is 12.4. The summed E-state index contributed by atoms with van der Waals surface area (Å²) >= 11 is 0. The van der Waals surface area contributed by atoms with Gasteiger partial charge in [0.25, 0.3) is 0 Å². The van der Waals surface area contributed by atoms with Crippen LogP contribution in [0.4, 0.5) is 0 Å². The van der Waals surface area contributed by atoms with Gasteiger partial charge in [-0.25, -0.2) is 0 Å². The maximum Gasteiger partial charge on any atom is 0.227 e. The van der Waals surface area contributed by atoms with E-state index in [1.165, 1.54) is 12.8 Å². The smallest absolute Gasteiger partial charge is 0.227 e. The predicted octanol–water partition coefficient (Wildman–Crippen LogP) is 1.44. The van der Waals surface area contributed by atoms with Gasteiger partial charge in [0.1, 0.15) is 0 Å². The summed E-state index contributed by atoms with van der Waals surface area (Å²) in [5.74, 6) is 1.20. The third-order valence-electron chi connectivity index (χ3n) is 4.40. The molecular formula is C14H25ClN2O2. The number of nitrogens with zero attached hydrogens (tertiary/aromatic N) is 1. The van der Waals surface area contributed by atoms with Crippen LogP contribution >= 0.6 is 12.4 Å². The van der Waals surface area contributed by atoms with Gasteiger partial charge in [0.2, 0.25) is 5.91 Å². The van der Waals surface area contributed by atoms with E-state index in [-0.39, 0.29) is 18.3 Å². The number of nitrogens with one attached hydrogen (secondary N) is 1. The summed E-state index contributed by atoms with van der Waals surface area (Å²) < 4.78 is 5.43. The first-order chi connectivity index (χ1) is 8.84. The monoisotopic (exact) mass is 288 g/mol. The van der Waals surface area contributed by atoms with E-state index in [0.717, 1.165) is 52.1 Å². The molecule has 1 aliphatic carbocycles. The van der Waals surface area contributed by atoms with Gasteiger partial charge >= 0.3 is 0 Å². The van der Waals surface area contributed by atoms with Gasteiger partial charge < -0.3 is 15.0 Å². The lowest BCUT2D eigenvalue weighted by Crippen LogP contribution is -2.45. The van der Waals surface area contributed by atoms with Gasteiger partial charge in [-0.3, -0.25) is 4.79 Å². The first-order valence-corrected chi connectivity index (χ1v) is 7.43. The Labute approximate surface area is 121 Å². The van der Waals surface area contributed by atoms with E-state index < -0.39 is 0 Å². The van der Waals surface area contributed by atoms with E-state index in [1.54, 1.807) is 0 Å². The van der Waals surface area contributed by atoms with Crippen molar-refractivity contribution in [2.24, 2.45) is 11.8 Å². The lowest BCUT2D eigenvalue weighted by molar-refractivity contribution is -0.137. The molecule has 2 heterocycles. The molecule has 3 rings (SSSR count). The summed E-state index contributed by atoms with van der Waals surface area (Å²) in [7, 11) is 0. The van der Waals surface area contributed by atoms with E-state index in [0.29, 0.717) is 17.9 Å². The molecule has 5 heteroatoms. The second-order valence-electron chi connectivity index (χ2n) is 5.99. The fourth-order valence-corrected chi connectivity index (χ4v) is 3.11. The largest absolute Gasteiger partial charge is 0.381 e. The van der Waals surface area contributed by atoms with Crippen molar-refractivity contribution in [2.45, 2.75) is 38.1 Å². The van der Waals surface area contributed by atoms with Gasteiger partial charge in [0.05, 0.1) is 12.5 Å². The standard InChI is InChI=1S/C14H24N2O2.ClH/c17-14(12-2-1-6-15-8-12)16(13-3-4-13)9-11-5-7-18-10-11;/h11-13,15H,1-10H2;1H. The summed E-state index contributed by atoms with van der Waals surface area (Å²) in [6.45, 7) is 4.61. The molecule has 0 spiro atoms. The van der Waals surface area contributed by atoms with E-state index in [9.17, 15) is 4.79 Å². The molecule has 2 saturated heterocycles. The number of carbonyl (C=O) groups excluding carboxylic acids is 1. The van der Waals surface area contributed by atoms with Gasteiger partial charge in [-0.15, -0.1) is 12.4 Å². The van der Waals surface area contributed by atoms with Crippen LogP contribution in [0.25, 0.3) is 0 Å². The summed E-state index contributed by atoms with van der Waals surface area (Å²) in [6.07, 6.45) is 5.75. The predicted molar refractivity (Wildman–Crippen MR) is 76.5 cm³/mol. The molecule has 2 aliphatic heterocycles. The molecule has 0 aromatic rings. The number of halogens is 1. The molecule has 3 fully saturated rings. The minimum Gasteiger partial charge on any atom is -0.381 e. The second kappa shape index (κ2) is 6.91. The topological polar surface area (TPSA) is 41.6 Å². The van der Waals surface area contributed by atoms with Crippen molar-refractivity contribution in [1.82, 2.24) is 10.2 Å². The average molecular weight is 289 g/mol. The maximum atomic E-state index is 12.6. The first-order valence-electron chi connectivity index (χ1n) is 7.43. The van der Waals surface area contributed by atoms with Crippen LogP contribution < -0.4 is 5.32 Å². The van der Waals surface area contributed by atoms with Gasteiger partial charge in [0.15, 0.2) is 0 Å². The van der Waals surface area contributed by atoms with Crippen LogP contribution in [-0.4, -0.2) is 49.7 Å². The lowest BCUT2D eigenvalue weighted by Gasteiger charge is -2.31. The highest BCUT2D eigenvalue weighted by atomic mass is 35.5. The zero-order valence-electron chi connectivity index (χ0n) is 11.5.